The highest BCUT2D eigenvalue weighted by Crippen LogP contribution is 2.67. The Kier molecular flexibility index (Phi) is 5.99. The van der Waals surface area contributed by atoms with Crippen molar-refractivity contribution in [1.82, 2.24) is 0 Å². The highest BCUT2D eigenvalue weighted by molar-refractivity contribution is 7.15. The fourth-order valence-corrected chi connectivity index (χ4v) is 7.71. The third-order valence-electron chi connectivity index (χ3n) is 6.89. The van der Waals surface area contributed by atoms with E-state index in [2.05, 4.69) is 0 Å². The normalized spacial score (nSPS) is 18.0. The van der Waals surface area contributed by atoms with Crippen molar-refractivity contribution in [2.24, 2.45) is 0 Å². The lowest BCUT2D eigenvalue weighted by Crippen LogP contribution is -2.48. The minimum atomic E-state index is -5.58. The molecule has 0 saturated carbocycles. The lowest BCUT2D eigenvalue weighted by Gasteiger charge is -2.25. The predicted octanol–water partition coefficient (Wildman–Crippen LogP) is 10.2. The number of rotatable bonds is 4. The average molecular weight is 549 g/mol. The number of thiophene rings is 2. The molecule has 1 aliphatic carbocycles. The largest absolute Gasteiger partial charge is 0.380 e. The molecule has 0 radical (unpaired) electrons. The average Bonchev–Trinajstić information content (AvgIpc) is 3.34. The van der Waals surface area contributed by atoms with E-state index in [4.69, 9.17) is 0 Å². The summed E-state index contributed by atoms with van der Waals surface area (Å²) in [6.07, 6.45) is 0. The molecule has 2 heterocycles. The Labute approximate surface area is 218 Å². The zero-order chi connectivity index (χ0) is 26.9. The van der Waals surface area contributed by atoms with Crippen molar-refractivity contribution in [3.63, 3.8) is 0 Å². The van der Waals surface area contributed by atoms with Gasteiger partial charge >= 0.3 is 17.8 Å². The van der Waals surface area contributed by atoms with Crippen LogP contribution in [0, 0.1) is 27.7 Å². The van der Waals surface area contributed by atoms with Crippen LogP contribution in [0.4, 0.5) is 26.3 Å². The van der Waals surface area contributed by atoms with E-state index in [0.717, 1.165) is 22.7 Å². The number of alkyl halides is 6. The van der Waals surface area contributed by atoms with E-state index in [1.807, 2.05) is 0 Å². The van der Waals surface area contributed by atoms with Gasteiger partial charge in [-0.15, -0.1) is 22.7 Å². The molecule has 0 spiro atoms. The van der Waals surface area contributed by atoms with Crippen molar-refractivity contribution in [2.75, 3.05) is 0 Å². The summed E-state index contributed by atoms with van der Waals surface area (Å²) >= 11 is 1.70. The van der Waals surface area contributed by atoms with Crippen LogP contribution in [0.15, 0.2) is 60.7 Å². The van der Waals surface area contributed by atoms with E-state index in [9.17, 15) is 8.78 Å². The molecule has 192 valence electrons. The molecule has 2 aromatic heterocycles. The van der Waals surface area contributed by atoms with Crippen LogP contribution in [0.5, 0.6) is 0 Å². The summed E-state index contributed by atoms with van der Waals surface area (Å²) in [5, 5.41) is 0. The molecular formula is C29H22F6S2. The van der Waals surface area contributed by atoms with E-state index >= 15 is 17.6 Å². The second kappa shape index (κ2) is 8.60. The Morgan fingerprint density at radius 3 is 1.16 bits per heavy atom. The smallest absolute Gasteiger partial charge is 0.194 e. The first-order valence-corrected chi connectivity index (χ1v) is 13.2. The van der Waals surface area contributed by atoms with E-state index in [1.54, 1.807) is 74.5 Å². The van der Waals surface area contributed by atoms with Crippen molar-refractivity contribution in [2.45, 2.75) is 45.5 Å². The van der Waals surface area contributed by atoms with E-state index in [1.165, 1.54) is 13.8 Å². The van der Waals surface area contributed by atoms with Gasteiger partial charge in [-0.05, 0) is 61.1 Å². The van der Waals surface area contributed by atoms with E-state index in [-0.39, 0.29) is 20.9 Å². The van der Waals surface area contributed by atoms with Gasteiger partial charge < -0.3 is 0 Å². The van der Waals surface area contributed by atoms with Crippen LogP contribution >= 0.6 is 22.7 Å². The summed E-state index contributed by atoms with van der Waals surface area (Å²) in [5.74, 6) is -15.7. The van der Waals surface area contributed by atoms with Crippen molar-refractivity contribution in [3.8, 4) is 22.3 Å². The molecule has 8 heteroatoms. The molecule has 0 N–H and O–H groups in total. The maximum atomic E-state index is 15.5. The Morgan fingerprint density at radius 2 is 0.838 bits per heavy atom. The van der Waals surface area contributed by atoms with Gasteiger partial charge in [-0.2, -0.15) is 26.3 Å². The third-order valence-corrected chi connectivity index (χ3v) is 9.34. The van der Waals surface area contributed by atoms with Gasteiger partial charge in [0, 0.05) is 19.5 Å². The van der Waals surface area contributed by atoms with Crippen LogP contribution in [-0.4, -0.2) is 17.8 Å². The van der Waals surface area contributed by atoms with Gasteiger partial charge in [-0.1, -0.05) is 60.7 Å². The Hall–Kier alpha value is -2.84. The highest BCUT2D eigenvalue weighted by Gasteiger charge is 2.80. The van der Waals surface area contributed by atoms with Crippen molar-refractivity contribution < 1.29 is 26.3 Å². The zero-order valence-corrected chi connectivity index (χ0v) is 22.0. The molecule has 0 amide bonds. The highest BCUT2D eigenvalue weighted by atomic mass is 32.1. The summed E-state index contributed by atoms with van der Waals surface area (Å²) in [7, 11) is 0. The summed E-state index contributed by atoms with van der Waals surface area (Å²) in [6, 6.07) is 17.8. The molecule has 0 fully saturated rings. The fourth-order valence-electron chi connectivity index (χ4n) is 5.18. The van der Waals surface area contributed by atoms with Gasteiger partial charge in [0.2, 0.25) is 0 Å². The number of benzene rings is 2. The molecule has 4 aromatic rings. The quantitative estimate of drug-likeness (QED) is 0.223. The first kappa shape index (κ1) is 25.8. The van der Waals surface area contributed by atoms with Crippen molar-refractivity contribution in [1.29, 1.82) is 0 Å². The lowest BCUT2D eigenvalue weighted by atomic mass is 9.94. The van der Waals surface area contributed by atoms with E-state index < -0.39 is 28.9 Å². The maximum Gasteiger partial charge on any atom is 0.380 e. The third kappa shape index (κ3) is 3.56. The van der Waals surface area contributed by atoms with Gasteiger partial charge in [-0.3, -0.25) is 0 Å². The van der Waals surface area contributed by atoms with Gasteiger partial charge in [0.15, 0.2) is 0 Å². The molecule has 2 aromatic carbocycles. The zero-order valence-electron chi connectivity index (χ0n) is 20.4. The molecule has 0 bridgehead atoms. The van der Waals surface area contributed by atoms with Gasteiger partial charge in [0.25, 0.3) is 0 Å². The molecule has 0 nitrogen and oxygen atoms in total. The van der Waals surface area contributed by atoms with Gasteiger partial charge in [0.1, 0.15) is 0 Å². The second-order valence-electron chi connectivity index (χ2n) is 9.18. The SMILES string of the molecule is Cc1sc(C2=C(c3sc(C)c(-c4ccccc4)c3C)C(F)(F)C(F)(F)C2(F)F)c(C)c1-c1ccccc1. The van der Waals surface area contributed by atoms with Crippen LogP contribution in [0.1, 0.15) is 30.6 Å². The minimum absolute atomic E-state index is 0.236. The van der Waals surface area contributed by atoms with E-state index in [0.29, 0.717) is 32.0 Å². The Bertz CT molecular complexity index is 1410. The number of hydrogen-bond acceptors (Lipinski definition) is 2. The van der Waals surface area contributed by atoms with Crippen LogP contribution in [0.3, 0.4) is 0 Å². The van der Waals surface area contributed by atoms with Gasteiger partial charge in [0.05, 0.1) is 11.1 Å². The Morgan fingerprint density at radius 1 is 0.514 bits per heavy atom. The summed E-state index contributed by atoms with van der Waals surface area (Å²) in [4.78, 5) is 0.702. The first-order chi connectivity index (χ1) is 17.3. The molecule has 37 heavy (non-hydrogen) atoms. The molecule has 0 atom stereocenters. The number of hydrogen-bond donors (Lipinski definition) is 0. The molecule has 0 aliphatic heterocycles. The molecule has 1 aliphatic rings. The Balaban J connectivity index is 1.85. The lowest BCUT2D eigenvalue weighted by molar-refractivity contribution is -0.254. The van der Waals surface area contributed by atoms with Crippen LogP contribution in [-0.2, 0) is 0 Å². The summed E-state index contributed by atoms with van der Waals surface area (Å²) < 4.78 is 92.0. The number of aryl methyl sites for hydroxylation is 2. The predicted molar refractivity (Wildman–Crippen MR) is 140 cm³/mol. The minimum Gasteiger partial charge on any atom is -0.194 e. The molecule has 5 rings (SSSR count). The van der Waals surface area contributed by atoms with Crippen LogP contribution in [0.25, 0.3) is 33.4 Å². The maximum absolute atomic E-state index is 15.5. The molecular weight excluding hydrogens is 526 g/mol. The first-order valence-electron chi connectivity index (χ1n) is 11.5. The summed E-state index contributed by atoms with van der Waals surface area (Å²) in [5.41, 5.74) is 0.593. The van der Waals surface area contributed by atoms with Crippen molar-refractivity contribution >= 4 is 33.8 Å². The van der Waals surface area contributed by atoms with Crippen LogP contribution < -0.4 is 0 Å². The van der Waals surface area contributed by atoms with Crippen LogP contribution in [0.2, 0.25) is 0 Å². The fraction of sp³-hybridized carbons (Fsp3) is 0.241. The summed E-state index contributed by atoms with van der Waals surface area (Å²) in [6.45, 7) is 6.42. The van der Waals surface area contributed by atoms with Gasteiger partial charge in [-0.25, -0.2) is 0 Å². The van der Waals surface area contributed by atoms with Crippen molar-refractivity contribution in [3.05, 3.63) is 91.3 Å². The number of allylic oxidation sites excluding steroid dienone is 2. The molecule has 0 unspecified atom stereocenters. The monoisotopic (exact) mass is 548 g/mol. The molecule has 0 saturated heterocycles. The standard InChI is InChI=1S/C29H22F6S2/c1-15-21(19-11-7-5-8-12-19)17(3)36-25(15)23-24(28(32,33)29(34,35)27(23,30)31)26-16(2)22(18(4)37-26)20-13-9-6-10-14-20/h5-14H,1-4H3. The topological polar surface area (TPSA) is 0 Å². The number of halogens is 6. The second-order valence-corrected chi connectivity index (χ2v) is 11.6.